The van der Waals surface area contributed by atoms with Gasteiger partial charge in [0.2, 0.25) is 5.91 Å². The predicted molar refractivity (Wildman–Crippen MR) is 121 cm³/mol. The van der Waals surface area contributed by atoms with Gasteiger partial charge in [0.25, 0.3) is 0 Å². The smallest absolute Gasteiger partial charge is 0.220 e. The largest absolute Gasteiger partial charge is 0.778 e. The molecular formula is C22H47N2O5P. The van der Waals surface area contributed by atoms with Crippen LogP contribution in [0.15, 0.2) is 0 Å². The Hall–Kier alpha value is -0.460. The van der Waals surface area contributed by atoms with Crippen molar-refractivity contribution in [1.82, 2.24) is 5.32 Å². The maximum Gasteiger partial charge on any atom is 0.220 e. The molecule has 1 unspecified atom stereocenters. The van der Waals surface area contributed by atoms with Gasteiger partial charge in [-0.05, 0) is 19.3 Å². The molecule has 2 N–H and O–H groups in total. The predicted octanol–water partition coefficient (Wildman–Crippen LogP) is 3.44. The first kappa shape index (κ1) is 29.5. The molecule has 1 amide bonds. The molecule has 0 aliphatic rings. The third kappa shape index (κ3) is 17.2. The fraction of sp³-hybridized carbons (Fsp3) is 0.955. The zero-order valence-electron chi connectivity index (χ0n) is 20.0. The highest BCUT2D eigenvalue weighted by molar-refractivity contribution is 7.51. The molecule has 0 heterocycles. The van der Waals surface area contributed by atoms with Crippen molar-refractivity contribution >= 4 is 13.5 Å². The summed E-state index contributed by atoms with van der Waals surface area (Å²) in [5, 5.41) is 13.5. The maximum atomic E-state index is 12.3. The van der Waals surface area contributed by atoms with Crippen molar-refractivity contribution in [3.05, 3.63) is 0 Å². The van der Waals surface area contributed by atoms with Crippen LogP contribution in [0, 0.1) is 0 Å². The second-order valence-electron chi connectivity index (χ2n) is 9.37. The molecule has 0 rings (SSSR count). The molecule has 0 aromatic rings. The van der Waals surface area contributed by atoms with Gasteiger partial charge in [-0.3, -0.25) is 4.79 Å². The minimum absolute atomic E-state index is 0.120. The van der Waals surface area contributed by atoms with Crippen molar-refractivity contribution < 1.29 is 28.4 Å². The summed E-state index contributed by atoms with van der Waals surface area (Å²) in [5.41, 5.74) is 0. The van der Waals surface area contributed by atoms with E-state index in [1.54, 1.807) is 0 Å². The molecule has 0 aromatic heterocycles. The van der Waals surface area contributed by atoms with Crippen LogP contribution in [0.25, 0.3) is 0 Å². The standard InChI is InChI=1S/C22H47N2O5P/c1-6-8-10-11-13-14-21(25)20(23-22(26)15-12-9-7-2)16-19-30(27,28)29-18-17-24(3,4)5/h20-21,25H,6-19H2,1-5H3,(H-,23,26,27,28)/t20-,21+/m1/s1. The average molecular weight is 451 g/mol. The number of quaternary nitrogens is 1. The molecule has 8 heteroatoms. The molecule has 0 aliphatic heterocycles. The molecule has 7 nitrogen and oxygen atoms in total. The Labute approximate surface area is 184 Å². The highest BCUT2D eigenvalue weighted by Gasteiger charge is 2.23. The normalized spacial score (nSPS) is 16.1. The molecule has 0 radical (unpaired) electrons. The lowest BCUT2D eigenvalue weighted by atomic mass is 10.0. The molecule has 0 fully saturated rings. The van der Waals surface area contributed by atoms with E-state index in [1.165, 1.54) is 6.42 Å². The summed E-state index contributed by atoms with van der Waals surface area (Å²) >= 11 is 0. The quantitative estimate of drug-likeness (QED) is 0.178. The van der Waals surface area contributed by atoms with Crippen molar-refractivity contribution in [3.63, 3.8) is 0 Å². The van der Waals surface area contributed by atoms with E-state index in [2.05, 4.69) is 19.2 Å². The summed E-state index contributed by atoms with van der Waals surface area (Å²) in [6.07, 6.45) is 8.40. The van der Waals surface area contributed by atoms with Crippen molar-refractivity contribution in [2.24, 2.45) is 0 Å². The van der Waals surface area contributed by atoms with E-state index >= 15 is 0 Å². The topological polar surface area (TPSA) is 98.7 Å². The number of likely N-dealkylation sites (N-methyl/N-ethyl adjacent to an activating group) is 1. The van der Waals surface area contributed by atoms with Crippen molar-refractivity contribution in [3.8, 4) is 0 Å². The molecule has 0 aliphatic carbocycles. The van der Waals surface area contributed by atoms with Gasteiger partial charge >= 0.3 is 0 Å². The lowest BCUT2D eigenvalue weighted by Crippen LogP contribution is -2.44. The molecule has 0 saturated heterocycles. The van der Waals surface area contributed by atoms with Crippen LogP contribution in [0.2, 0.25) is 0 Å². The van der Waals surface area contributed by atoms with Gasteiger partial charge in [0, 0.05) is 12.6 Å². The molecular weight excluding hydrogens is 403 g/mol. The summed E-state index contributed by atoms with van der Waals surface area (Å²) < 4.78 is 18.0. The van der Waals surface area contributed by atoms with Gasteiger partial charge in [-0.25, -0.2) is 0 Å². The number of hydrogen-bond donors (Lipinski definition) is 2. The number of nitrogens with one attached hydrogen (secondary N) is 1. The van der Waals surface area contributed by atoms with Gasteiger partial charge in [-0.1, -0.05) is 58.8 Å². The van der Waals surface area contributed by atoms with Gasteiger partial charge < -0.3 is 28.9 Å². The van der Waals surface area contributed by atoms with E-state index in [0.29, 0.717) is 23.9 Å². The van der Waals surface area contributed by atoms with Crippen LogP contribution < -0.4 is 10.2 Å². The van der Waals surface area contributed by atoms with E-state index in [4.69, 9.17) is 4.52 Å². The van der Waals surface area contributed by atoms with E-state index in [1.807, 2.05) is 21.1 Å². The summed E-state index contributed by atoms with van der Waals surface area (Å²) in [6, 6.07) is -0.561. The molecule has 3 atom stereocenters. The molecule has 0 spiro atoms. The number of carbonyl (C=O) groups is 1. The Balaban J connectivity index is 4.68. The number of aliphatic hydroxyl groups is 1. The fourth-order valence-electron chi connectivity index (χ4n) is 3.15. The van der Waals surface area contributed by atoms with Crippen LogP contribution in [-0.2, 0) is 13.9 Å². The van der Waals surface area contributed by atoms with Crippen LogP contribution in [0.4, 0.5) is 0 Å². The van der Waals surface area contributed by atoms with E-state index in [0.717, 1.165) is 44.9 Å². The minimum atomic E-state index is -4.00. The molecule has 30 heavy (non-hydrogen) atoms. The third-order valence-electron chi connectivity index (χ3n) is 5.19. The Bertz CT molecular complexity index is 496. The van der Waals surface area contributed by atoms with Crippen molar-refractivity contribution in [2.45, 2.75) is 96.6 Å². The van der Waals surface area contributed by atoms with Crippen molar-refractivity contribution in [1.29, 1.82) is 0 Å². The number of rotatable bonds is 19. The number of nitrogens with zero attached hydrogens (tertiary/aromatic N) is 1. The number of hydrogen-bond acceptors (Lipinski definition) is 5. The van der Waals surface area contributed by atoms with Crippen LogP contribution in [-0.4, -0.2) is 68.1 Å². The first-order chi connectivity index (χ1) is 14.0. The first-order valence-corrected chi connectivity index (χ1v) is 13.5. The lowest BCUT2D eigenvalue weighted by Gasteiger charge is -2.30. The summed E-state index contributed by atoms with van der Waals surface area (Å²) in [5.74, 6) is -0.120. The summed E-state index contributed by atoms with van der Waals surface area (Å²) in [6.45, 7) is 4.96. The number of unbranched alkanes of at least 4 members (excludes halogenated alkanes) is 6. The van der Waals surface area contributed by atoms with Gasteiger partial charge in [0.05, 0.1) is 33.3 Å². The van der Waals surface area contributed by atoms with Crippen LogP contribution in [0.1, 0.15) is 84.5 Å². The van der Waals surface area contributed by atoms with E-state index in [-0.39, 0.29) is 25.1 Å². The van der Waals surface area contributed by atoms with E-state index < -0.39 is 19.7 Å². The zero-order valence-corrected chi connectivity index (χ0v) is 20.9. The van der Waals surface area contributed by atoms with Gasteiger partial charge in [-0.15, -0.1) is 0 Å². The lowest BCUT2D eigenvalue weighted by molar-refractivity contribution is -0.870. The highest BCUT2D eigenvalue weighted by atomic mass is 31.2. The van der Waals surface area contributed by atoms with Crippen LogP contribution in [0.5, 0.6) is 0 Å². The number of carbonyl (C=O) groups excluding carboxylic acids is 1. The van der Waals surface area contributed by atoms with Crippen LogP contribution >= 0.6 is 7.60 Å². The Kier molecular flexibility index (Phi) is 16.0. The average Bonchev–Trinajstić information content (AvgIpc) is 2.63. The SMILES string of the molecule is CCCCCCC[C@H](O)[C@@H](CCP(=O)([O-])OCC[N+](C)(C)C)NC(=O)CCCCC. The molecule has 0 aromatic carbocycles. The van der Waals surface area contributed by atoms with Crippen LogP contribution in [0.3, 0.4) is 0 Å². The zero-order chi connectivity index (χ0) is 23.0. The van der Waals surface area contributed by atoms with Crippen molar-refractivity contribution in [2.75, 3.05) is 40.5 Å². The Morgan fingerprint density at radius 2 is 1.63 bits per heavy atom. The maximum absolute atomic E-state index is 12.3. The second kappa shape index (κ2) is 16.2. The Morgan fingerprint density at radius 1 is 1.03 bits per heavy atom. The highest BCUT2D eigenvalue weighted by Crippen LogP contribution is 2.38. The van der Waals surface area contributed by atoms with Gasteiger partial charge in [0.1, 0.15) is 20.7 Å². The Morgan fingerprint density at radius 3 is 2.23 bits per heavy atom. The number of aliphatic hydroxyl groups excluding tert-OH is 1. The third-order valence-corrected chi connectivity index (χ3v) is 6.57. The summed E-state index contributed by atoms with van der Waals surface area (Å²) in [4.78, 5) is 24.5. The molecule has 0 bridgehead atoms. The number of amides is 1. The van der Waals surface area contributed by atoms with E-state index in [9.17, 15) is 19.4 Å². The minimum Gasteiger partial charge on any atom is -0.778 e. The van der Waals surface area contributed by atoms with Gasteiger partial charge in [-0.2, -0.15) is 0 Å². The fourth-order valence-corrected chi connectivity index (χ4v) is 4.23. The second-order valence-corrected chi connectivity index (χ2v) is 11.3. The molecule has 180 valence electrons. The summed E-state index contributed by atoms with van der Waals surface area (Å²) in [7, 11) is 1.91. The van der Waals surface area contributed by atoms with Gasteiger partial charge in [0.15, 0.2) is 0 Å². The molecule has 0 saturated carbocycles. The monoisotopic (exact) mass is 450 g/mol. The first-order valence-electron chi connectivity index (χ1n) is 11.7.